The minimum absolute atomic E-state index is 0.0918. The third-order valence-corrected chi connectivity index (χ3v) is 24.8. The molecule has 14 aromatic rings. The number of fused-ring (bicyclic) bond motifs is 12. The van der Waals surface area contributed by atoms with Crippen molar-refractivity contribution < 1.29 is 19.7 Å². The topological polar surface area (TPSA) is 58.9 Å². The Morgan fingerprint density at radius 2 is 0.705 bits per heavy atom. The molecule has 12 heteroatoms. The van der Waals surface area contributed by atoms with Gasteiger partial charge in [-0.25, -0.2) is 0 Å². The second kappa shape index (κ2) is 23.1. The lowest BCUT2D eigenvalue weighted by atomic mass is 10.00. The van der Waals surface area contributed by atoms with E-state index in [2.05, 4.69) is 140 Å². The average Bonchev–Trinajstić information content (AvgIpc) is 4.51. The molecule has 0 radical (unpaired) electrons. The molecule has 8 aromatic heterocycles. The number of aliphatic hydroxyl groups excluding tert-OH is 2. The van der Waals surface area contributed by atoms with Crippen molar-refractivity contribution >= 4 is 169 Å². The summed E-state index contributed by atoms with van der Waals surface area (Å²) in [5.41, 5.74) is 5.03. The van der Waals surface area contributed by atoms with Crippen LogP contribution in [-0.4, -0.2) is 30.5 Å². The fraction of sp³-hybridized carbons (Fsp3) is 0.212. The van der Waals surface area contributed by atoms with Crippen molar-refractivity contribution in [3.63, 3.8) is 0 Å². The van der Waals surface area contributed by atoms with Gasteiger partial charge in [0.05, 0.1) is 37.1 Å². The summed E-state index contributed by atoms with van der Waals surface area (Å²) in [5.74, 6) is 0.529. The molecule has 0 bridgehead atoms. The van der Waals surface area contributed by atoms with Gasteiger partial charge >= 0.3 is 0 Å². The Labute approximate surface area is 485 Å². The third kappa shape index (κ3) is 10.9. The van der Waals surface area contributed by atoms with E-state index in [0.717, 1.165) is 46.9 Å². The van der Waals surface area contributed by atoms with Crippen molar-refractivity contribution in [2.45, 2.75) is 69.7 Å². The standard InChI is InChI=1S/C32H26OS4.C30H22O2S4.C4H8O/c1-19(13-20-9-5-3-6-10-20)25-17-29-31(36-25)22-15-27-23(16-26(22)34-29)32-30(35-27)18-28(37-32)24(33-2)14-21-11-7-4-8-12-21;31-21(11-17-7-3-1-4-8-17)25-15-27-29(35-25)19-13-24-20(14-23(19)33-27)30-28(34-24)16-26(36-30)22(32)12-18-9-5-2-6-10-18;1-2-4-5-3-1/h3-12,15-19,24H,13-14H2,1-2H3;1-10,13-16,21-22,31-32H,11-12H2;1-4H2. The monoisotopic (exact) mass is 1170 g/mol. The Balaban J connectivity index is 0.000000136. The van der Waals surface area contributed by atoms with Crippen LogP contribution in [0.1, 0.15) is 85.8 Å². The van der Waals surface area contributed by atoms with Gasteiger partial charge in [0.25, 0.3) is 0 Å². The number of hydrogen-bond acceptors (Lipinski definition) is 12. The molecule has 2 N–H and O–H groups in total. The second-order valence-corrected chi connectivity index (χ2v) is 28.9. The Morgan fingerprint density at radius 3 is 1.06 bits per heavy atom. The molecule has 4 nitrogen and oxygen atoms in total. The number of aliphatic hydroxyl groups is 2. The summed E-state index contributed by atoms with van der Waals surface area (Å²) in [5, 5.41) is 27.1. The van der Waals surface area contributed by atoms with Crippen LogP contribution in [0, 0.1) is 0 Å². The van der Waals surface area contributed by atoms with Crippen LogP contribution >= 0.6 is 90.7 Å². The number of rotatable bonds is 13. The summed E-state index contributed by atoms with van der Waals surface area (Å²) in [7, 11) is 1.83. The number of methoxy groups -OCH3 is 1. The highest BCUT2D eigenvalue weighted by Crippen LogP contribution is 2.50. The van der Waals surface area contributed by atoms with Gasteiger partial charge in [0.1, 0.15) is 0 Å². The molecule has 1 saturated heterocycles. The molecule has 9 heterocycles. The largest absolute Gasteiger partial charge is 0.387 e. The first-order valence-electron chi connectivity index (χ1n) is 26.5. The molecule has 1 fully saturated rings. The van der Waals surface area contributed by atoms with Gasteiger partial charge in [0.2, 0.25) is 0 Å². The van der Waals surface area contributed by atoms with Crippen molar-refractivity contribution in [2.24, 2.45) is 0 Å². The van der Waals surface area contributed by atoms with E-state index < -0.39 is 12.2 Å². The highest BCUT2D eigenvalue weighted by molar-refractivity contribution is 7.35. The van der Waals surface area contributed by atoms with E-state index in [1.54, 1.807) is 22.7 Å². The lowest BCUT2D eigenvalue weighted by Crippen LogP contribution is -2.03. The molecule has 4 unspecified atom stereocenters. The van der Waals surface area contributed by atoms with E-state index in [4.69, 9.17) is 9.47 Å². The zero-order chi connectivity index (χ0) is 52.7. The van der Waals surface area contributed by atoms with Gasteiger partial charge in [-0.05, 0) is 96.0 Å². The minimum Gasteiger partial charge on any atom is -0.387 e. The molecule has 0 amide bonds. The molecule has 78 heavy (non-hydrogen) atoms. The van der Waals surface area contributed by atoms with Crippen LogP contribution < -0.4 is 0 Å². The number of hydrogen-bond donors (Lipinski definition) is 2. The van der Waals surface area contributed by atoms with E-state index >= 15 is 0 Å². The van der Waals surface area contributed by atoms with Gasteiger partial charge in [-0.1, -0.05) is 128 Å². The van der Waals surface area contributed by atoms with Crippen molar-refractivity contribution in [1.82, 2.24) is 0 Å². The Hall–Kier alpha value is -5.16. The number of benzene rings is 6. The van der Waals surface area contributed by atoms with Crippen molar-refractivity contribution in [3.8, 4) is 0 Å². The summed E-state index contributed by atoms with van der Waals surface area (Å²) in [6, 6.07) is 60.6. The summed E-state index contributed by atoms with van der Waals surface area (Å²) >= 11 is 14.8. The van der Waals surface area contributed by atoms with Crippen molar-refractivity contribution in [2.75, 3.05) is 20.3 Å². The van der Waals surface area contributed by atoms with E-state index in [-0.39, 0.29) is 6.10 Å². The van der Waals surface area contributed by atoms with Crippen LogP contribution in [0.3, 0.4) is 0 Å². The summed E-state index contributed by atoms with van der Waals surface area (Å²) in [6.45, 7) is 4.36. The molecule has 392 valence electrons. The maximum atomic E-state index is 10.9. The smallest absolute Gasteiger partial charge is 0.0953 e. The van der Waals surface area contributed by atoms with Crippen LogP contribution in [0.25, 0.3) is 77.9 Å². The van der Waals surface area contributed by atoms with Crippen LogP contribution in [0.2, 0.25) is 0 Å². The fourth-order valence-corrected chi connectivity index (χ4v) is 20.9. The average molecular weight is 1170 g/mol. The Morgan fingerprint density at radius 1 is 0.385 bits per heavy atom. The molecular weight excluding hydrogens is 1110 g/mol. The van der Waals surface area contributed by atoms with Crippen molar-refractivity contribution in [1.29, 1.82) is 0 Å². The summed E-state index contributed by atoms with van der Waals surface area (Å²) in [4.78, 5) is 4.88. The first kappa shape index (κ1) is 52.2. The lowest BCUT2D eigenvalue weighted by Gasteiger charge is -2.13. The zero-order valence-electron chi connectivity index (χ0n) is 43.1. The predicted molar refractivity (Wildman–Crippen MR) is 345 cm³/mol. The van der Waals surface area contributed by atoms with Gasteiger partial charge in [-0.3, -0.25) is 0 Å². The van der Waals surface area contributed by atoms with E-state index in [0.29, 0.717) is 18.8 Å². The van der Waals surface area contributed by atoms with Gasteiger partial charge < -0.3 is 19.7 Å². The molecule has 15 rings (SSSR count). The molecule has 0 spiro atoms. The van der Waals surface area contributed by atoms with E-state index in [1.165, 1.54) is 112 Å². The van der Waals surface area contributed by atoms with Crippen molar-refractivity contribution in [3.05, 3.63) is 212 Å². The first-order chi connectivity index (χ1) is 38.3. The van der Waals surface area contributed by atoms with Crippen LogP contribution in [0.4, 0.5) is 0 Å². The quantitative estimate of drug-likeness (QED) is 0.121. The predicted octanol–water partition coefficient (Wildman–Crippen LogP) is 20.7. The molecule has 1 aliphatic heterocycles. The Kier molecular flexibility index (Phi) is 15.5. The molecule has 0 saturated carbocycles. The lowest BCUT2D eigenvalue weighted by molar-refractivity contribution is 0.107. The van der Waals surface area contributed by atoms with E-state index in [1.807, 2.05) is 112 Å². The number of thiophene rings is 8. The minimum atomic E-state index is -0.483. The molecule has 4 atom stereocenters. The first-order valence-corrected chi connectivity index (χ1v) is 33.1. The second-order valence-electron chi connectivity index (χ2n) is 20.2. The Bertz CT molecular complexity index is 4160. The van der Waals surface area contributed by atoms with Gasteiger partial charge in [0, 0.05) is 118 Å². The molecular formula is C66H56O4S8. The van der Waals surface area contributed by atoms with E-state index in [9.17, 15) is 10.2 Å². The van der Waals surface area contributed by atoms with Crippen LogP contribution in [0.15, 0.2) is 170 Å². The van der Waals surface area contributed by atoms with Gasteiger partial charge in [-0.15, -0.1) is 90.7 Å². The highest BCUT2D eigenvalue weighted by Gasteiger charge is 2.22. The molecule has 1 aliphatic rings. The maximum Gasteiger partial charge on any atom is 0.0953 e. The fourth-order valence-electron chi connectivity index (χ4n) is 10.6. The number of ether oxygens (including phenoxy) is 2. The normalized spacial score (nSPS) is 14.5. The van der Waals surface area contributed by atoms with Crippen LogP contribution in [0.5, 0.6) is 0 Å². The maximum absolute atomic E-state index is 10.9. The third-order valence-electron chi connectivity index (χ3n) is 14.7. The molecule has 0 aliphatic carbocycles. The van der Waals surface area contributed by atoms with Gasteiger partial charge in [-0.2, -0.15) is 0 Å². The molecule has 6 aromatic carbocycles. The summed E-state index contributed by atoms with van der Waals surface area (Å²) < 4.78 is 26.9. The van der Waals surface area contributed by atoms with Crippen LogP contribution in [-0.2, 0) is 35.2 Å². The SMILES string of the molecule is C1CCOC1.COC(Cc1ccccc1)c1cc2sc3cc4c(cc3c2s1)sc1cc(C(C)Cc2ccccc2)sc14.OC(Cc1ccccc1)c1cc2sc3cc4c(cc3c2s1)sc1cc(C(O)Cc2ccccc2)sc14. The summed E-state index contributed by atoms with van der Waals surface area (Å²) in [6.07, 6.45) is 4.95. The van der Waals surface area contributed by atoms with Gasteiger partial charge in [0.15, 0.2) is 0 Å². The zero-order valence-corrected chi connectivity index (χ0v) is 49.6. The highest BCUT2D eigenvalue weighted by atomic mass is 32.1.